The number of halogens is 1. The van der Waals surface area contributed by atoms with Gasteiger partial charge in [0, 0.05) is 18.8 Å². The van der Waals surface area contributed by atoms with E-state index in [2.05, 4.69) is 37.4 Å². The molecule has 2 rings (SSSR count). The SMILES string of the molecule is CCC(CCCl)CNCC1Cc2cc(C)ccc2O1. The number of hydrogen-bond donors (Lipinski definition) is 1. The first-order valence-corrected chi connectivity index (χ1v) is 7.79. The zero-order valence-corrected chi connectivity index (χ0v) is 12.7. The summed E-state index contributed by atoms with van der Waals surface area (Å²) >= 11 is 5.80. The van der Waals surface area contributed by atoms with Crippen LogP contribution in [0.15, 0.2) is 18.2 Å². The maximum absolute atomic E-state index is 5.95. The first-order chi connectivity index (χ1) is 9.22. The Labute approximate surface area is 121 Å². The third kappa shape index (κ3) is 4.12. The Hall–Kier alpha value is -0.730. The molecule has 3 heteroatoms. The van der Waals surface area contributed by atoms with Crippen molar-refractivity contribution in [3.63, 3.8) is 0 Å². The zero-order chi connectivity index (χ0) is 13.7. The van der Waals surface area contributed by atoms with Crippen LogP contribution in [0.3, 0.4) is 0 Å². The normalized spacial score (nSPS) is 19.0. The van der Waals surface area contributed by atoms with Crippen LogP contribution in [0.2, 0.25) is 0 Å². The molecule has 1 aromatic carbocycles. The van der Waals surface area contributed by atoms with Gasteiger partial charge in [0.25, 0.3) is 0 Å². The van der Waals surface area contributed by atoms with Gasteiger partial charge < -0.3 is 10.1 Å². The molecule has 2 nitrogen and oxygen atoms in total. The van der Waals surface area contributed by atoms with Crippen LogP contribution in [0.1, 0.15) is 30.9 Å². The Morgan fingerprint density at radius 1 is 1.47 bits per heavy atom. The predicted molar refractivity (Wildman–Crippen MR) is 81.3 cm³/mol. The Morgan fingerprint density at radius 3 is 3.05 bits per heavy atom. The average Bonchev–Trinajstić information content (AvgIpc) is 2.79. The van der Waals surface area contributed by atoms with E-state index in [9.17, 15) is 0 Å². The van der Waals surface area contributed by atoms with Crippen LogP contribution >= 0.6 is 11.6 Å². The van der Waals surface area contributed by atoms with Gasteiger partial charge in [0.05, 0.1) is 0 Å². The minimum atomic E-state index is 0.283. The summed E-state index contributed by atoms with van der Waals surface area (Å²) < 4.78 is 5.95. The van der Waals surface area contributed by atoms with Crippen LogP contribution in [0.4, 0.5) is 0 Å². The topological polar surface area (TPSA) is 21.3 Å². The highest BCUT2D eigenvalue weighted by Crippen LogP contribution is 2.29. The van der Waals surface area contributed by atoms with Gasteiger partial charge in [-0.25, -0.2) is 0 Å². The Morgan fingerprint density at radius 2 is 2.32 bits per heavy atom. The van der Waals surface area contributed by atoms with E-state index in [1.165, 1.54) is 17.5 Å². The monoisotopic (exact) mass is 281 g/mol. The Balaban J connectivity index is 1.75. The van der Waals surface area contributed by atoms with Crippen LogP contribution in [-0.4, -0.2) is 25.1 Å². The van der Waals surface area contributed by atoms with E-state index in [0.717, 1.165) is 37.6 Å². The second-order valence-electron chi connectivity index (χ2n) is 5.47. The first-order valence-electron chi connectivity index (χ1n) is 7.25. The van der Waals surface area contributed by atoms with Crippen molar-refractivity contribution in [2.45, 2.75) is 39.2 Å². The highest BCUT2D eigenvalue weighted by Gasteiger charge is 2.22. The molecule has 0 fully saturated rings. The molecule has 1 aliphatic rings. The molecule has 0 bridgehead atoms. The minimum Gasteiger partial charge on any atom is -0.488 e. The predicted octanol–water partition coefficient (Wildman–Crippen LogP) is 3.54. The van der Waals surface area contributed by atoms with Crippen molar-refractivity contribution in [2.75, 3.05) is 19.0 Å². The van der Waals surface area contributed by atoms with Gasteiger partial charge in [-0.3, -0.25) is 0 Å². The number of nitrogens with one attached hydrogen (secondary N) is 1. The number of alkyl halides is 1. The van der Waals surface area contributed by atoms with E-state index >= 15 is 0 Å². The van der Waals surface area contributed by atoms with Gasteiger partial charge in [0.2, 0.25) is 0 Å². The molecule has 0 saturated carbocycles. The number of benzene rings is 1. The van der Waals surface area contributed by atoms with E-state index in [0.29, 0.717) is 5.92 Å². The lowest BCUT2D eigenvalue weighted by Gasteiger charge is -2.16. The van der Waals surface area contributed by atoms with Crippen molar-refractivity contribution in [3.8, 4) is 5.75 Å². The fourth-order valence-corrected chi connectivity index (χ4v) is 2.92. The van der Waals surface area contributed by atoms with E-state index in [4.69, 9.17) is 16.3 Å². The maximum Gasteiger partial charge on any atom is 0.123 e. The molecule has 0 aromatic heterocycles. The smallest absolute Gasteiger partial charge is 0.123 e. The summed E-state index contributed by atoms with van der Waals surface area (Å²) in [5, 5.41) is 3.53. The van der Waals surface area contributed by atoms with Gasteiger partial charge in [-0.1, -0.05) is 31.0 Å². The zero-order valence-electron chi connectivity index (χ0n) is 11.9. The molecule has 2 unspecified atom stereocenters. The van der Waals surface area contributed by atoms with Crippen LogP contribution < -0.4 is 10.1 Å². The summed E-state index contributed by atoms with van der Waals surface area (Å²) in [6.45, 7) is 6.32. The number of fused-ring (bicyclic) bond motifs is 1. The number of rotatable bonds is 7. The largest absolute Gasteiger partial charge is 0.488 e. The van der Waals surface area contributed by atoms with E-state index in [-0.39, 0.29) is 6.10 Å². The second-order valence-corrected chi connectivity index (χ2v) is 5.84. The van der Waals surface area contributed by atoms with Crippen molar-refractivity contribution in [1.82, 2.24) is 5.32 Å². The lowest BCUT2D eigenvalue weighted by atomic mass is 10.0. The maximum atomic E-state index is 5.95. The third-order valence-electron chi connectivity index (χ3n) is 3.86. The molecule has 0 saturated heterocycles. The van der Waals surface area contributed by atoms with Crippen molar-refractivity contribution >= 4 is 11.6 Å². The van der Waals surface area contributed by atoms with Gasteiger partial charge >= 0.3 is 0 Å². The molecule has 1 N–H and O–H groups in total. The summed E-state index contributed by atoms with van der Waals surface area (Å²) in [6.07, 6.45) is 3.59. The molecule has 19 heavy (non-hydrogen) atoms. The fraction of sp³-hybridized carbons (Fsp3) is 0.625. The molecule has 1 heterocycles. The Kier molecular flexibility index (Phi) is 5.53. The molecule has 0 aliphatic carbocycles. The fourth-order valence-electron chi connectivity index (χ4n) is 2.62. The standard InChI is InChI=1S/C16H24ClNO/c1-3-13(6-7-17)10-18-11-15-9-14-8-12(2)4-5-16(14)19-15/h4-5,8,13,15,18H,3,6-7,9-11H2,1-2H3. The lowest BCUT2D eigenvalue weighted by molar-refractivity contribution is 0.224. The molecule has 1 aliphatic heterocycles. The first kappa shape index (κ1) is 14.7. The highest BCUT2D eigenvalue weighted by molar-refractivity contribution is 6.17. The van der Waals surface area contributed by atoms with E-state index in [1.54, 1.807) is 0 Å². The summed E-state index contributed by atoms with van der Waals surface area (Å²) in [5.74, 6) is 2.50. The molecule has 0 spiro atoms. The molecule has 0 amide bonds. The summed E-state index contributed by atoms with van der Waals surface area (Å²) in [6, 6.07) is 6.44. The number of ether oxygens (including phenoxy) is 1. The van der Waals surface area contributed by atoms with Gasteiger partial charge in [0.1, 0.15) is 11.9 Å². The quantitative estimate of drug-likeness (QED) is 0.772. The number of aryl methyl sites for hydroxylation is 1. The molecule has 0 radical (unpaired) electrons. The van der Waals surface area contributed by atoms with Crippen LogP contribution in [0.25, 0.3) is 0 Å². The summed E-state index contributed by atoms with van der Waals surface area (Å²) in [7, 11) is 0. The second kappa shape index (κ2) is 7.16. The highest BCUT2D eigenvalue weighted by atomic mass is 35.5. The number of hydrogen-bond acceptors (Lipinski definition) is 2. The van der Waals surface area contributed by atoms with Crippen LogP contribution in [-0.2, 0) is 6.42 Å². The molecule has 1 aromatic rings. The van der Waals surface area contributed by atoms with Crippen molar-refractivity contribution in [3.05, 3.63) is 29.3 Å². The Bertz CT molecular complexity index is 408. The van der Waals surface area contributed by atoms with E-state index < -0.39 is 0 Å². The van der Waals surface area contributed by atoms with Crippen molar-refractivity contribution in [2.24, 2.45) is 5.92 Å². The van der Waals surface area contributed by atoms with E-state index in [1.807, 2.05) is 0 Å². The van der Waals surface area contributed by atoms with Gasteiger partial charge in [-0.15, -0.1) is 11.6 Å². The summed E-state index contributed by atoms with van der Waals surface area (Å²) in [5.41, 5.74) is 2.66. The van der Waals surface area contributed by atoms with Gasteiger partial charge in [-0.2, -0.15) is 0 Å². The molecule has 2 atom stereocenters. The van der Waals surface area contributed by atoms with Gasteiger partial charge in [0.15, 0.2) is 0 Å². The van der Waals surface area contributed by atoms with Crippen LogP contribution in [0, 0.1) is 12.8 Å². The third-order valence-corrected chi connectivity index (χ3v) is 4.08. The van der Waals surface area contributed by atoms with Crippen molar-refractivity contribution < 1.29 is 4.74 Å². The van der Waals surface area contributed by atoms with Gasteiger partial charge in [-0.05, 0) is 37.4 Å². The molecular weight excluding hydrogens is 258 g/mol. The van der Waals surface area contributed by atoms with Crippen molar-refractivity contribution in [1.29, 1.82) is 0 Å². The molecular formula is C16H24ClNO. The summed E-state index contributed by atoms with van der Waals surface area (Å²) in [4.78, 5) is 0. The lowest BCUT2D eigenvalue weighted by Crippen LogP contribution is -2.33. The minimum absolute atomic E-state index is 0.283. The van der Waals surface area contributed by atoms with Crippen LogP contribution in [0.5, 0.6) is 5.75 Å². The average molecular weight is 282 g/mol. The molecule has 106 valence electrons.